The molecule has 2 aliphatic heterocycles. The summed E-state index contributed by atoms with van der Waals surface area (Å²) < 4.78 is 5.48. The maximum Gasteiger partial charge on any atom is 0.286 e. The number of hydrogen-bond acceptors (Lipinski definition) is 5. The van der Waals surface area contributed by atoms with E-state index in [-0.39, 0.29) is 18.1 Å². The van der Waals surface area contributed by atoms with Crippen molar-refractivity contribution in [1.29, 1.82) is 0 Å². The number of morpholine rings is 1. The number of aliphatic imine (C=N–C) groups is 1. The van der Waals surface area contributed by atoms with Crippen molar-refractivity contribution in [2.75, 3.05) is 26.3 Å². The predicted molar refractivity (Wildman–Crippen MR) is 155 cm³/mol. The first-order valence-corrected chi connectivity index (χ1v) is 13.6. The van der Waals surface area contributed by atoms with Crippen LogP contribution in [0.25, 0.3) is 11.1 Å². The van der Waals surface area contributed by atoms with Crippen LogP contribution in [0.15, 0.2) is 94.8 Å². The quantitative estimate of drug-likeness (QED) is 0.280. The van der Waals surface area contributed by atoms with Gasteiger partial charge in [-0.15, -0.1) is 0 Å². The maximum atomic E-state index is 13.4. The first-order valence-electron chi connectivity index (χ1n) is 12.8. The van der Waals surface area contributed by atoms with Gasteiger partial charge in [-0.2, -0.15) is 4.99 Å². The minimum Gasteiger partial charge on any atom is -0.378 e. The van der Waals surface area contributed by atoms with Crippen molar-refractivity contribution in [3.8, 4) is 0 Å². The van der Waals surface area contributed by atoms with Gasteiger partial charge in [0.15, 0.2) is 11.0 Å². The molecule has 3 aromatic carbocycles. The van der Waals surface area contributed by atoms with Crippen LogP contribution in [0.3, 0.4) is 0 Å². The highest BCUT2D eigenvalue weighted by atomic mass is 32.2. The van der Waals surface area contributed by atoms with Gasteiger partial charge in [0.05, 0.1) is 18.1 Å². The number of ketones is 1. The van der Waals surface area contributed by atoms with E-state index in [1.54, 1.807) is 0 Å². The van der Waals surface area contributed by atoms with Crippen LogP contribution in [0.2, 0.25) is 0 Å². The minimum absolute atomic E-state index is 0.0315. The second kappa shape index (κ2) is 11.8. The topological polar surface area (TPSA) is 59.0 Å². The average Bonchev–Trinajstić information content (AvgIpc) is 3.34. The third-order valence-electron chi connectivity index (χ3n) is 6.66. The van der Waals surface area contributed by atoms with Crippen molar-refractivity contribution in [3.05, 3.63) is 118 Å². The molecule has 0 aliphatic carbocycles. The molecule has 1 saturated heterocycles. The van der Waals surface area contributed by atoms with Crippen molar-refractivity contribution in [2.24, 2.45) is 4.99 Å². The largest absolute Gasteiger partial charge is 0.378 e. The molecule has 0 bridgehead atoms. The van der Waals surface area contributed by atoms with E-state index in [0.29, 0.717) is 41.9 Å². The SMILES string of the molecule is Cc1ccc(C(=O)CC(=CC(=C2SC(N3CCOCC3)=NC2=O)c2ccc(C)cc2)c2ccccc2)cc1. The van der Waals surface area contributed by atoms with Crippen LogP contribution in [-0.2, 0) is 9.53 Å². The number of amidine groups is 1. The third-order valence-corrected chi connectivity index (χ3v) is 7.79. The number of aryl methyl sites for hydroxylation is 2. The van der Waals surface area contributed by atoms with Gasteiger partial charge < -0.3 is 9.64 Å². The van der Waals surface area contributed by atoms with Crippen LogP contribution in [0.1, 0.15) is 39.0 Å². The van der Waals surface area contributed by atoms with Gasteiger partial charge in [-0.3, -0.25) is 9.59 Å². The highest BCUT2D eigenvalue weighted by Gasteiger charge is 2.30. The van der Waals surface area contributed by atoms with E-state index >= 15 is 0 Å². The number of allylic oxidation sites excluding steroid dienone is 3. The van der Waals surface area contributed by atoms with Crippen molar-refractivity contribution >= 4 is 39.8 Å². The van der Waals surface area contributed by atoms with Crippen molar-refractivity contribution in [1.82, 2.24) is 4.90 Å². The molecule has 0 saturated carbocycles. The molecule has 192 valence electrons. The molecule has 0 spiro atoms. The molecule has 5 rings (SSSR count). The number of Topliss-reactive ketones (excluding diaryl/α,β-unsaturated/α-hetero) is 1. The molecule has 0 radical (unpaired) electrons. The number of rotatable bonds is 6. The average molecular weight is 523 g/mol. The molecule has 0 atom stereocenters. The van der Waals surface area contributed by atoms with E-state index < -0.39 is 0 Å². The molecular weight excluding hydrogens is 492 g/mol. The highest BCUT2D eigenvalue weighted by molar-refractivity contribution is 8.18. The first kappa shape index (κ1) is 25.9. The van der Waals surface area contributed by atoms with Gasteiger partial charge in [0.2, 0.25) is 0 Å². The number of ether oxygens (including phenoxy) is 1. The molecule has 38 heavy (non-hydrogen) atoms. The van der Waals surface area contributed by atoms with E-state index in [1.165, 1.54) is 11.8 Å². The van der Waals surface area contributed by atoms with Crippen LogP contribution in [0.5, 0.6) is 0 Å². The van der Waals surface area contributed by atoms with Crippen molar-refractivity contribution in [2.45, 2.75) is 20.3 Å². The Kier molecular flexibility index (Phi) is 8.01. The second-order valence-electron chi connectivity index (χ2n) is 9.51. The Hall–Kier alpha value is -3.74. The summed E-state index contributed by atoms with van der Waals surface area (Å²) in [5.41, 5.74) is 6.42. The summed E-state index contributed by atoms with van der Waals surface area (Å²) in [5, 5.41) is 0.711. The summed E-state index contributed by atoms with van der Waals surface area (Å²) >= 11 is 1.41. The van der Waals surface area contributed by atoms with Crippen LogP contribution in [0, 0.1) is 13.8 Å². The zero-order chi connectivity index (χ0) is 26.5. The lowest BCUT2D eigenvalue weighted by Gasteiger charge is -2.27. The van der Waals surface area contributed by atoms with Gasteiger partial charge in [0, 0.05) is 30.6 Å². The maximum absolute atomic E-state index is 13.4. The smallest absolute Gasteiger partial charge is 0.286 e. The van der Waals surface area contributed by atoms with Crippen LogP contribution < -0.4 is 0 Å². The lowest BCUT2D eigenvalue weighted by Crippen LogP contribution is -2.38. The Labute approximate surface area is 227 Å². The molecule has 0 aromatic heterocycles. The number of carbonyl (C=O) groups is 2. The number of carbonyl (C=O) groups excluding carboxylic acids is 2. The fourth-order valence-electron chi connectivity index (χ4n) is 4.45. The molecule has 0 N–H and O–H groups in total. The standard InChI is InChI=1S/C32H30N2O3S/c1-22-8-12-25(13-9-22)28(30-31(36)33-32(38-30)34-16-18-37-19-17-34)20-27(24-6-4-3-5-7-24)21-29(35)26-14-10-23(2)11-15-26/h3-15,20H,16-19,21H2,1-2H3. The minimum atomic E-state index is -0.249. The lowest BCUT2D eigenvalue weighted by atomic mass is 9.93. The van der Waals surface area contributed by atoms with Gasteiger partial charge in [-0.25, -0.2) is 0 Å². The molecular formula is C32H30N2O3S. The Bertz CT molecular complexity index is 1420. The van der Waals surface area contributed by atoms with E-state index in [0.717, 1.165) is 33.4 Å². The van der Waals surface area contributed by atoms with E-state index in [2.05, 4.69) is 9.89 Å². The number of amides is 1. The van der Waals surface area contributed by atoms with Gasteiger partial charge in [-0.05, 0) is 48.4 Å². The molecule has 5 nitrogen and oxygen atoms in total. The fraction of sp³-hybridized carbons (Fsp3) is 0.219. The van der Waals surface area contributed by atoms with Gasteiger partial charge in [-0.1, -0.05) is 90.0 Å². The molecule has 1 fully saturated rings. The van der Waals surface area contributed by atoms with Crippen molar-refractivity contribution in [3.63, 3.8) is 0 Å². The monoisotopic (exact) mass is 522 g/mol. The van der Waals surface area contributed by atoms with E-state index in [1.807, 2.05) is 98.8 Å². The molecule has 2 aliphatic rings. The zero-order valence-electron chi connectivity index (χ0n) is 21.6. The van der Waals surface area contributed by atoms with Crippen molar-refractivity contribution < 1.29 is 14.3 Å². The molecule has 3 aromatic rings. The zero-order valence-corrected chi connectivity index (χ0v) is 22.5. The Balaban J connectivity index is 1.58. The molecule has 6 heteroatoms. The predicted octanol–water partition coefficient (Wildman–Crippen LogP) is 6.33. The van der Waals surface area contributed by atoms with Crippen LogP contribution >= 0.6 is 11.8 Å². The second-order valence-corrected chi connectivity index (χ2v) is 10.5. The normalized spacial score (nSPS) is 17.4. The van der Waals surface area contributed by atoms with E-state index in [9.17, 15) is 9.59 Å². The van der Waals surface area contributed by atoms with Crippen LogP contribution in [-0.4, -0.2) is 48.1 Å². The van der Waals surface area contributed by atoms with E-state index in [4.69, 9.17) is 4.74 Å². The summed E-state index contributed by atoms with van der Waals surface area (Å²) in [6.45, 7) is 6.71. The highest BCUT2D eigenvalue weighted by Crippen LogP contribution is 2.38. The number of thioether (sulfide) groups is 1. The van der Waals surface area contributed by atoms with Gasteiger partial charge in [0.1, 0.15) is 0 Å². The van der Waals surface area contributed by atoms with Gasteiger partial charge in [0.25, 0.3) is 5.91 Å². The number of nitrogens with zero attached hydrogens (tertiary/aromatic N) is 2. The first-order chi connectivity index (χ1) is 18.5. The Morgan fingerprint density at radius 1 is 0.868 bits per heavy atom. The molecule has 0 unspecified atom stereocenters. The Morgan fingerprint density at radius 3 is 2.11 bits per heavy atom. The summed E-state index contributed by atoms with van der Waals surface area (Å²) in [7, 11) is 0. The summed E-state index contributed by atoms with van der Waals surface area (Å²) in [5.74, 6) is -0.218. The summed E-state index contributed by atoms with van der Waals surface area (Å²) in [6, 6.07) is 25.7. The molecule has 1 amide bonds. The third kappa shape index (κ3) is 6.04. The lowest BCUT2D eigenvalue weighted by molar-refractivity contribution is -0.113. The number of hydrogen-bond donors (Lipinski definition) is 0. The van der Waals surface area contributed by atoms with Gasteiger partial charge >= 0.3 is 0 Å². The molecule has 2 heterocycles. The Morgan fingerprint density at radius 2 is 1.47 bits per heavy atom. The summed E-state index contributed by atoms with van der Waals surface area (Å²) in [4.78, 5) is 33.8. The summed E-state index contributed by atoms with van der Waals surface area (Å²) in [6.07, 6.45) is 2.22. The fourth-order valence-corrected chi connectivity index (χ4v) is 5.49. The number of benzene rings is 3. The van der Waals surface area contributed by atoms with Crippen LogP contribution in [0.4, 0.5) is 0 Å².